The molecule has 0 bridgehead atoms. The van der Waals surface area contributed by atoms with Gasteiger partial charge in [-0.1, -0.05) is 43.7 Å². The normalized spacial score (nSPS) is 11.2. The van der Waals surface area contributed by atoms with Crippen molar-refractivity contribution in [1.29, 1.82) is 0 Å². The smallest absolute Gasteiger partial charge is 0.335 e. The molecule has 1 unspecified atom stereocenters. The van der Waals surface area contributed by atoms with E-state index in [0.717, 1.165) is 31.7 Å². The summed E-state index contributed by atoms with van der Waals surface area (Å²) in [6.07, 6.45) is 3.74. The van der Waals surface area contributed by atoms with E-state index >= 15 is 0 Å². The Hall–Kier alpha value is -2.66. The monoisotopic (exact) mass is 358 g/mol. The van der Waals surface area contributed by atoms with Crippen LogP contribution in [0.25, 0.3) is 0 Å². The van der Waals surface area contributed by atoms with Crippen LogP contribution in [-0.4, -0.2) is 33.4 Å². The lowest BCUT2D eigenvalue weighted by molar-refractivity contribution is 0.0696. The van der Waals surface area contributed by atoms with Gasteiger partial charge < -0.3 is 15.3 Å². The summed E-state index contributed by atoms with van der Waals surface area (Å²) in [6.45, 7) is 3.75. The maximum Gasteiger partial charge on any atom is 0.335 e. The van der Waals surface area contributed by atoms with E-state index in [1.54, 1.807) is 6.92 Å². The van der Waals surface area contributed by atoms with Crippen LogP contribution in [0.2, 0.25) is 0 Å². The van der Waals surface area contributed by atoms with Crippen LogP contribution in [-0.2, 0) is 6.42 Å². The zero-order valence-corrected chi connectivity index (χ0v) is 15.2. The second kappa shape index (κ2) is 11.1. The molecule has 0 aliphatic carbocycles. The molecule has 140 valence electrons. The second-order valence-corrected chi connectivity index (χ2v) is 6.16. The molecule has 0 saturated heterocycles. The fraction of sp³-hybridized carbons (Fsp3) is 0.333. The molecule has 0 aliphatic rings. The number of aryl methyl sites for hydroxylation is 2. The molecule has 2 aromatic rings. The number of carboxylic acids is 2. The molecule has 0 saturated carbocycles. The highest BCUT2D eigenvalue weighted by Crippen LogP contribution is 2.10. The van der Waals surface area contributed by atoms with Crippen molar-refractivity contribution < 1.29 is 24.9 Å². The van der Waals surface area contributed by atoms with Gasteiger partial charge in [0.25, 0.3) is 0 Å². The molecule has 1 atom stereocenters. The molecule has 0 spiro atoms. The first-order valence-electron chi connectivity index (χ1n) is 8.63. The number of aromatic carboxylic acids is 2. The first-order valence-corrected chi connectivity index (χ1v) is 8.63. The van der Waals surface area contributed by atoms with E-state index in [1.165, 1.54) is 17.7 Å². The van der Waals surface area contributed by atoms with Gasteiger partial charge in [-0.15, -0.1) is 0 Å². The molecule has 3 N–H and O–H groups in total. The molecule has 0 aliphatic heterocycles. The predicted molar refractivity (Wildman–Crippen MR) is 101 cm³/mol. The van der Waals surface area contributed by atoms with Gasteiger partial charge in [0.1, 0.15) is 0 Å². The fourth-order valence-corrected chi connectivity index (χ4v) is 2.49. The molecule has 0 radical (unpaired) electrons. The molecular formula is C21H26O5. The highest BCUT2D eigenvalue weighted by Gasteiger charge is 2.09. The van der Waals surface area contributed by atoms with Crippen LogP contribution in [0.1, 0.15) is 58.0 Å². The van der Waals surface area contributed by atoms with Crippen molar-refractivity contribution in [3.63, 3.8) is 0 Å². The van der Waals surface area contributed by atoms with Gasteiger partial charge in [-0.3, -0.25) is 0 Å². The Morgan fingerprint density at radius 1 is 0.923 bits per heavy atom. The summed E-state index contributed by atoms with van der Waals surface area (Å²) in [4.78, 5) is 21.1. The zero-order chi connectivity index (χ0) is 19.5. The van der Waals surface area contributed by atoms with E-state index in [1.807, 2.05) is 18.2 Å². The lowest BCUT2D eigenvalue weighted by Gasteiger charge is -2.08. The number of hydrogen-bond donors (Lipinski definition) is 3. The van der Waals surface area contributed by atoms with Gasteiger partial charge in [0.2, 0.25) is 0 Å². The molecular weight excluding hydrogens is 332 g/mol. The van der Waals surface area contributed by atoms with E-state index in [0.29, 0.717) is 5.56 Å². The SMILES string of the molecule is CCCC(O)CCc1ccccc1.Cc1cc(C(=O)O)cc(C(=O)O)c1. The molecule has 0 heterocycles. The van der Waals surface area contributed by atoms with Gasteiger partial charge in [-0.25, -0.2) is 9.59 Å². The highest BCUT2D eigenvalue weighted by molar-refractivity contribution is 5.94. The Morgan fingerprint density at radius 2 is 1.46 bits per heavy atom. The number of hydrogen-bond acceptors (Lipinski definition) is 3. The molecule has 0 aromatic heterocycles. The number of benzene rings is 2. The van der Waals surface area contributed by atoms with Gasteiger partial charge in [-0.2, -0.15) is 0 Å². The van der Waals surface area contributed by atoms with Crippen LogP contribution < -0.4 is 0 Å². The first kappa shape index (κ1) is 21.4. The Morgan fingerprint density at radius 3 is 1.92 bits per heavy atom. The average molecular weight is 358 g/mol. The number of aliphatic hydroxyl groups excluding tert-OH is 1. The van der Waals surface area contributed by atoms with Crippen LogP contribution in [0.5, 0.6) is 0 Å². The standard InChI is InChI=1S/C12H18O.C9H8O4/c1-2-6-12(13)10-9-11-7-4-3-5-8-11;1-5-2-6(8(10)11)4-7(3-5)9(12)13/h3-5,7-8,12-13H,2,6,9-10H2,1H3;2-4H,1H3,(H,10,11)(H,12,13). The van der Waals surface area contributed by atoms with E-state index in [9.17, 15) is 14.7 Å². The number of carboxylic acid groups (broad SMARTS) is 2. The lowest BCUT2D eigenvalue weighted by Crippen LogP contribution is -2.06. The predicted octanol–water partition coefficient (Wildman–Crippen LogP) is 4.17. The molecule has 26 heavy (non-hydrogen) atoms. The van der Waals surface area contributed by atoms with E-state index in [-0.39, 0.29) is 17.2 Å². The van der Waals surface area contributed by atoms with Crippen LogP contribution in [0.3, 0.4) is 0 Å². The van der Waals surface area contributed by atoms with Gasteiger partial charge in [0.15, 0.2) is 0 Å². The summed E-state index contributed by atoms with van der Waals surface area (Å²) in [5.41, 5.74) is 1.93. The molecule has 5 heteroatoms. The Bertz CT molecular complexity index is 677. The number of aliphatic hydroxyl groups is 1. The summed E-state index contributed by atoms with van der Waals surface area (Å²) < 4.78 is 0. The van der Waals surface area contributed by atoms with Crippen LogP contribution in [0, 0.1) is 6.92 Å². The van der Waals surface area contributed by atoms with Gasteiger partial charge in [0, 0.05) is 0 Å². The third-order valence-corrected chi connectivity index (χ3v) is 3.80. The third-order valence-electron chi connectivity index (χ3n) is 3.80. The summed E-state index contributed by atoms with van der Waals surface area (Å²) in [7, 11) is 0. The highest BCUT2D eigenvalue weighted by atomic mass is 16.4. The minimum atomic E-state index is -1.12. The van der Waals surface area contributed by atoms with Gasteiger partial charge in [-0.05, 0) is 55.5 Å². The largest absolute Gasteiger partial charge is 0.478 e. The van der Waals surface area contributed by atoms with Crippen molar-refractivity contribution in [1.82, 2.24) is 0 Å². The lowest BCUT2D eigenvalue weighted by atomic mass is 10.0. The van der Waals surface area contributed by atoms with Crippen molar-refractivity contribution in [2.24, 2.45) is 0 Å². The number of carbonyl (C=O) groups is 2. The first-order chi connectivity index (χ1) is 12.3. The maximum absolute atomic E-state index is 10.5. The molecule has 0 fully saturated rings. The van der Waals surface area contributed by atoms with E-state index in [4.69, 9.17) is 10.2 Å². The minimum Gasteiger partial charge on any atom is -0.478 e. The van der Waals surface area contributed by atoms with E-state index < -0.39 is 11.9 Å². The molecule has 0 amide bonds. The second-order valence-electron chi connectivity index (χ2n) is 6.16. The molecule has 2 aromatic carbocycles. The third kappa shape index (κ3) is 7.94. The summed E-state index contributed by atoms with van der Waals surface area (Å²) in [6, 6.07) is 14.3. The summed E-state index contributed by atoms with van der Waals surface area (Å²) in [5, 5.41) is 26.8. The Labute approximate surface area is 153 Å². The molecule has 5 nitrogen and oxygen atoms in total. The van der Waals surface area contributed by atoms with Crippen molar-refractivity contribution in [2.75, 3.05) is 0 Å². The zero-order valence-electron chi connectivity index (χ0n) is 15.2. The van der Waals surface area contributed by atoms with Gasteiger partial charge in [0.05, 0.1) is 17.2 Å². The Kier molecular flexibility index (Phi) is 9.09. The fourth-order valence-electron chi connectivity index (χ4n) is 2.49. The van der Waals surface area contributed by atoms with Crippen LogP contribution in [0.4, 0.5) is 0 Å². The number of rotatable bonds is 7. The van der Waals surface area contributed by atoms with Crippen molar-refractivity contribution in [2.45, 2.75) is 45.6 Å². The topological polar surface area (TPSA) is 94.8 Å². The van der Waals surface area contributed by atoms with Crippen molar-refractivity contribution in [3.05, 3.63) is 70.8 Å². The quantitative estimate of drug-likeness (QED) is 0.690. The van der Waals surface area contributed by atoms with Crippen molar-refractivity contribution in [3.8, 4) is 0 Å². The van der Waals surface area contributed by atoms with Crippen LogP contribution in [0.15, 0.2) is 48.5 Å². The maximum atomic E-state index is 10.5. The van der Waals surface area contributed by atoms with Crippen LogP contribution >= 0.6 is 0 Å². The average Bonchev–Trinajstić information content (AvgIpc) is 2.61. The Balaban J connectivity index is 0.000000260. The van der Waals surface area contributed by atoms with Gasteiger partial charge >= 0.3 is 11.9 Å². The minimum absolute atomic E-state index is 0.00241. The van der Waals surface area contributed by atoms with Crippen molar-refractivity contribution >= 4 is 11.9 Å². The summed E-state index contributed by atoms with van der Waals surface area (Å²) >= 11 is 0. The van der Waals surface area contributed by atoms with E-state index in [2.05, 4.69) is 19.1 Å². The summed E-state index contributed by atoms with van der Waals surface area (Å²) in [5.74, 6) is -2.24. The molecule has 2 rings (SSSR count).